The van der Waals surface area contributed by atoms with Crippen LogP contribution in [-0.2, 0) is 0 Å². The van der Waals surface area contributed by atoms with Crippen molar-refractivity contribution in [2.75, 3.05) is 5.32 Å². The van der Waals surface area contributed by atoms with Gasteiger partial charge in [-0.15, -0.1) is 0 Å². The summed E-state index contributed by atoms with van der Waals surface area (Å²) < 4.78 is 0. The van der Waals surface area contributed by atoms with Gasteiger partial charge < -0.3 is 5.32 Å². The second kappa shape index (κ2) is 4.81. The number of nitrogens with one attached hydrogen (secondary N) is 1. The van der Waals surface area contributed by atoms with Gasteiger partial charge in [-0.25, -0.2) is 9.97 Å². The predicted molar refractivity (Wildman–Crippen MR) is 66.5 cm³/mol. The number of aromatic nitrogens is 2. The number of rotatable bonds is 2. The standard InChI is InChI=1S/C13H21N3/c1-9-4-6-12(7-5-9)16-13-8-10(2)14-11(3)15-13/h8-9,12H,4-7H2,1-3H3,(H,14,15,16). The van der Waals surface area contributed by atoms with Crippen molar-refractivity contribution in [2.45, 2.75) is 52.5 Å². The summed E-state index contributed by atoms with van der Waals surface area (Å²) in [7, 11) is 0. The molecule has 1 saturated carbocycles. The van der Waals surface area contributed by atoms with Gasteiger partial charge in [0.15, 0.2) is 0 Å². The molecule has 0 aromatic carbocycles. The minimum absolute atomic E-state index is 0.602. The van der Waals surface area contributed by atoms with Crippen LogP contribution in [0.2, 0.25) is 0 Å². The minimum Gasteiger partial charge on any atom is -0.367 e. The van der Waals surface area contributed by atoms with Crippen molar-refractivity contribution in [3.8, 4) is 0 Å². The molecule has 0 atom stereocenters. The maximum Gasteiger partial charge on any atom is 0.130 e. The largest absolute Gasteiger partial charge is 0.367 e. The molecule has 3 nitrogen and oxygen atoms in total. The van der Waals surface area contributed by atoms with Crippen molar-refractivity contribution in [3.05, 3.63) is 17.6 Å². The monoisotopic (exact) mass is 219 g/mol. The van der Waals surface area contributed by atoms with E-state index in [2.05, 4.69) is 22.2 Å². The van der Waals surface area contributed by atoms with Crippen molar-refractivity contribution in [1.82, 2.24) is 9.97 Å². The van der Waals surface area contributed by atoms with Crippen LogP contribution >= 0.6 is 0 Å². The lowest BCUT2D eigenvalue weighted by Crippen LogP contribution is -2.25. The summed E-state index contributed by atoms with van der Waals surface area (Å²) in [6.45, 7) is 6.30. The molecule has 88 valence electrons. The summed E-state index contributed by atoms with van der Waals surface area (Å²) in [5, 5.41) is 3.53. The molecular weight excluding hydrogens is 198 g/mol. The van der Waals surface area contributed by atoms with Gasteiger partial charge in [-0.2, -0.15) is 0 Å². The van der Waals surface area contributed by atoms with Crippen molar-refractivity contribution in [1.29, 1.82) is 0 Å². The van der Waals surface area contributed by atoms with Crippen LogP contribution in [0.5, 0.6) is 0 Å². The van der Waals surface area contributed by atoms with Crippen molar-refractivity contribution in [2.24, 2.45) is 5.92 Å². The average Bonchev–Trinajstić information content (AvgIpc) is 2.20. The van der Waals surface area contributed by atoms with Crippen LogP contribution in [0.1, 0.15) is 44.1 Å². The van der Waals surface area contributed by atoms with E-state index in [4.69, 9.17) is 0 Å². The molecule has 0 bridgehead atoms. The number of anilines is 1. The number of aryl methyl sites for hydroxylation is 2. The lowest BCUT2D eigenvalue weighted by atomic mass is 9.87. The first kappa shape index (κ1) is 11.4. The smallest absolute Gasteiger partial charge is 0.130 e. The fraction of sp³-hybridized carbons (Fsp3) is 0.692. The van der Waals surface area contributed by atoms with Crippen molar-refractivity contribution >= 4 is 5.82 Å². The fourth-order valence-corrected chi connectivity index (χ4v) is 2.40. The molecule has 0 spiro atoms. The molecule has 1 heterocycles. The maximum atomic E-state index is 4.42. The zero-order valence-corrected chi connectivity index (χ0v) is 10.5. The van der Waals surface area contributed by atoms with Gasteiger partial charge in [-0.05, 0) is 45.4 Å². The van der Waals surface area contributed by atoms with Gasteiger partial charge in [0, 0.05) is 17.8 Å². The topological polar surface area (TPSA) is 37.8 Å². The highest BCUT2D eigenvalue weighted by Crippen LogP contribution is 2.25. The van der Waals surface area contributed by atoms with Crippen molar-refractivity contribution in [3.63, 3.8) is 0 Å². The molecule has 1 aromatic heterocycles. The number of hydrogen-bond acceptors (Lipinski definition) is 3. The molecule has 0 saturated heterocycles. The highest BCUT2D eigenvalue weighted by atomic mass is 15.0. The molecule has 0 aliphatic heterocycles. The Morgan fingerprint density at radius 1 is 1.12 bits per heavy atom. The normalized spacial score (nSPS) is 25.4. The third kappa shape index (κ3) is 2.94. The van der Waals surface area contributed by atoms with Gasteiger partial charge in [-0.3, -0.25) is 0 Å². The van der Waals surface area contributed by atoms with E-state index in [1.807, 2.05) is 19.9 Å². The van der Waals surface area contributed by atoms with Crippen LogP contribution in [0.4, 0.5) is 5.82 Å². The van der Waals surface area contributed by atoms with Crippen LogP contribution in [0.3, 0.4) is 0 Å². The lowest BCUT2D eigenvalue weighted by molar-refractivity contribution is 0.360. The SMILES string of the molecule is Cc1cc(NC2CCC(C)CC2)nc(C)n1. The first-order chi connectivity index (χ1) is 7.63. The molecule has 0 radical (unpaired) electrons. The Hall–Kier alpha value is -1.12. The number of hydrogen-bond donors (Lipinski definition) is 1. The van der Waals surface area contributed by atoms with E-state index in [9.17, 15) is 0 Å². The molecule has 1 aliphatic carbocycles. The average molecular weight is 219 g/mol. The second-order valence-electron chi connectivity index (χ2n) is 5.04. The zero-order valence-electron chi connectivity index (χ0n) is 10.5. The second-order valence-corrected chi connectivity index (χ2v) is 5.04. The Morgan fingerprint density at radius 2 is 1.81 bits per heavy atom. The van der Waals surface area contributed by atoms with E-state index >= 15 is 0 Å². The first-order valence-corrected chi connectivity index (χ1v) is 6.22. The van der Waals surface area contributed by atoms with Crippen LogP contribution in [0, 0.1) is 19.8 Å². The van der Waals surface area contributed by atoms with Gasteiger partial charge in [-0.1, -0.05) is 6.92 Å². The van der Waals surface area contributed by atoms with E-state index in [1.165, 1.54) is 25.7 Å². The molecular formula is C13H21N3. The van der Waals surface area contributed by atoms with E-state index in [0.29, 0.717) is 6.04 Å². The van der Waals surface area contributed by atoms with Crippen LogP contribution in [0.25, 0.3) is 0 Å². The summed E-state index contributed by atoms with van der Waals surface area (Å²) in [5.41, 5.74) is 1.04. The molecule has 3 heteroatoms. The molecule has 1 aromatic rings. The highest BCUT2D eigenvalue weighted by Gasteiger charge is 2.18. The summed E-state index contributed by atoms with van der Waals surface area (Å²) in [4.78, 5) is 8.71. The summed E-state index contributed by atoms with van der Waals surface area (Å²) in [6, 6.07) is 2.63. The zero-order chi connectivity index (χ0) is 11.5. The van der Waals surface area contributed by atoms with Gasteiger partial charge in [0.2, 0.25) is 0 Å². The lowest BCUT2D eigenvalue weighted by Gasteiger charge is -2.27. The minimum atomic E-state index is 0.602. The third-order valence-electron chi connectivity index (χ3n) is 3.33. The molecule has 1 N–H and O–H groups in total. The summed E-state index contributed by atoms with van der Waals surface area (Å²) >= 11 is 0. The van der Waals surface area contributed by atoms with Gasteiger partial charge in [0.1, 0.15) is 11.6 Å². The van der Waals surface area contributed by atoms with Crippen molar-refractivity contribution < 1.29 is 0 Å². The van der Waals surface area contributed by atoms with Gasteiger partial charge >= 0.3 is 0 Å². The van der Waals surface area contributed by atoms with Crippen LogP contribution in [-0.4, -0.2) is 16.0 Å². The van der Waals surface area contributed by atoms with Gasteiger partial charge in [0.25, 0.3) is 0 Å². The van der Waals surface area contributed by atoms with E-state index < -0.39 is 0 Å². The van der Waals surface area contributed by atoms with E-state index in [1.54, 1.807) is 0 Å². The molecule has 1 aliphatic rings. The Balaban J connectivity index is 1.98. The molecule has 0 amide bonds. The summed E-state index contributed by atoms with van der Waals surface area (Å²) in [5.74, 6) is 2.74. The molecule has 0 unspecified atom stereocenters. The first-order valence-electron chi connectivity index (χ1n) is 6.22. The molecule has 16 heavy (non-hydrogen) atoms. The highest BCUT2D eigenvalue weighted by molar-refractivity contribution is 5.36. The van der Waals surface area contributed by atoms with Gasteiger partial charge in [0.05, 0.1) is 0 Å². The molecule has 1 fully saturated rings. The third-order valence-corrected chi connectivity index (χ3v) is 3.33. The van der Waals surface area contributed by atoms with E-state index in [0.717, 1.165) is 23.3 Å². The Kier molecular flexibility index (Phi) is 3.42. The fourth-order valence-electron chi connectivity index (χ4n) is 2.40. The van der Waals surface area contributed by atoms with E-state index in [-0.39, 0.29) is 0 Å². The Morgan fingerprint density at radius 3 is 2.44 bits per heavy atom. The maximum absolute atomic E-state index is 4.42. The molecule has 2 rings (SSSR count). The quantitative estimate of drug-likeness (QED) is 0.830. The summed E-state index contributed by atoms with van der Waals surface area (Å²) in [6.07, 6.45) is 5.20. The van der Waals surface area contributed by atoms with Crippen LogP contribution < -0.4 is 5.32 Å². The predicted octanol–water partition coefficient (Wildman–Crippen LogP) is 3.08. The number of nitrogens with zero attached hydrogens (tertiary/aromatic N) is 2. The Bertz CT molecular complexity index is 334. The Labute approximate surface area is 97.7 Å². The van der Waals surface area contributed by atoms with Crippen LogP contribution in [0.15, 0.2) is 6.07 Å².